The van der Waals surface area contributed by atoms with Gasteiger partial charge < -0.3 is 19.4 Å². The van der Waals surface area contributed by atoms with Crippen LogP contribution in [0.3, 0.4) is 0 Å². The number of nitrogens with one attached hydrogen (secondary N) is 1. The molecule has 458 valence electrons. The van der Waals surface area contributed by atoms with Gasteiger partial charge in [0.05, 0.1) is 33.8 Å². The van der Waals surface area contributed by atoms with E-state index < -0.39 is 20.0 Å². The van der Waals surface area contributed by atoms with Gasteiger partial charge in [0.2, 0.25) is 5.91 Å². The van der Waals surface area contributed by atoms with Crippen LogP contribution in [0.25, 0.3) is 0 Å². The lowest BCUT2D eigenvalue weighted by molar-refractivity contribution is -0.870. The fourth-order valence-electron chi connectivity index (χ4n) is 9.86. The van der Waals surface area contributed by atoms with Crippen LogP contribution in [0.1, 0.15) is 323 Å². The lowest BCUT2D eigenvalue weighted by atomic mass is 10.0. The van der Waals surface area contributed by atoms with Crippen LogP contribution in [0.2, 0.25) is 0 Å². The first kappa shape index (κ1) is 76.0. The number of phosphoric acid groups is 1. The summed E-state index contributed by atoms with van der Waals surface area (Å²) < 4.78 is 30.7. The molecule has 0 saturated carbocycles. The quantitative estimate of drug-likeness (QED) is 0.0205. The summed E-state index contributed by atoms with van der Waals surface area (Å²) in [5, 5.41) is 3.05. The molecule has 0 spiro atoms. The number of unbranched alkanes of at least 4 members (excludes halogenated alkanes) is 39. The van der Waals surface area contributed by atoms with E-state index in [-0.39, 0.29) is 25.1 Å². The van der Waals surface area contributed by atoms with Crippen molar-refractivity contribution in [3.63, 3.8) is 0 Å². The van der Waals surface area contributed by atoms with Crippen LogP contribution in [0.4, 0.5) is 0 Å². The number of carbonyl (C=O) groups excluding carboxylic acids is 2. The highest BCUT2D eigenvalue weighted by Gasteiger charge is 2.30. The number of nitrogens with zero attached hydrogens (tertiary/aromatic N) is 1. The number of amides is 1. The van der Waals surface area contributed by atoms with E-state index in [1.165, 1.54) is 205 Å². The van der Waals surface area contributed by atoms with Crippen molar-refractivity contribution in [2.75, 3.05) is 40.9 Å². The SMILES string of the molecule is CC/C=C/C/C=C/CCCCCCCCCC(=O)NC(COP(=O)(O)OCC[N+](C)(C)C)C(/C=C\CCCCCCCCCCC)OC(=O)CCCCCCCCCCCCCCCCCCC/C=C/CCCCCCCC. The van der Waals surface area contributed by atoms with Crippen LogP contribution in [0.5, 0.6) is 0 Å². The Hall–Kier alpha value is -2.03. The molecule has 0 fully saturated rings. The molecule has 0 radical (unpaired) electrons. The van der Waals surface area contributed by atoms with Gasteiger partial charge in [0.25, 0.3) is 0 Å². The first-order valence-electron chi connectivity index (χ1n) is 33.5. The number of ether oxygens (including phenoxy) is 1. The second-order valence-electron chi connectivity index (χ2n) is 24.0. The molecule has 0 aliphatic rings. The average molecular weight is 1120 g/mol. The Bertz CT molecular complexity index is 1470. The number of esters is 1. The van der Waals surface area contributed by atoms with Crippen molar-refractivity contribution in [2.45, 2.75) is 335 Å². The molecule has 0 saturated heterocycles. The highest BCUT2D eigenvalue weighted by molar-refractivity contribution is 7.47. The monoisotopic (exact) mass is 1120 g/mol. The number of quaternary nitrogens is 1. The van der Waals surface area contributed by atoms with Crippen LogP contribution >= 0.6 is 7.82 Å². The molecule has 0 aromatic heterocycles. The highest BCUT2D eigenvalue weighted by atomic mass is 31.2. The standard InChI is InChI=1S/C68H129N2O7P/c1-7-10-13-16-19-22-25-27-29-30-31-32-33-34-35-36-37-38-39-40-41-43-46-49-52-55-58-61-68(72)77-66(59-56-53-50-47-44-24-21-18-15-12-9-3)65(64-76-78(73,74)75-63-62-70(4,5)6)69-67(71)60-57-54-51-48-45-42-28-26-23-20-17-14-11-8-2/h11,14,20,23,27,29,56,59,65-66H,7-10,12-13,15-19,21-22,24-26,28,30-55,57-58,60-64H2,1-6H3,(H-,69,71,73,74)/p+1/b14-11+,23-20+,29-27+,59-56-. The number of hydrogen-bond donors (Lipinski definition) is 2. The summed E-state index contributed by atoms with van der Waals surface area (Å²) in [7, 11) is 1.50. The molecular weight excluding hydrogens is 988 g/mol. The molecule has 3 atom stereocenters. The second-order valence-corrected chi connectivity index (χ2v) is 25.4. The van der Waals surface area contributed by atoms with Gasteiger partial charge in [-0.05, 0) is 83.1 Å². The Morgan fingerprint density at radius 2 is 0.821 bits per heavy atom. The summed E-state index contributed by atoms with van der Waals surface area (Å²) >= 11 is 0. The predicted molar refractivity (Wildman–Crippen MR) is 337 cm³/mol. The maximum Gasteiger partial charge on any atom is 0.472 e. The molecule has 0 aliphatic carbocycles. The molecule has 0 bridgehead atoms. The summed E-state index contributed by atoms with van der Waals surface area (Å²) in [5.74, 6) is -0.504. The molecule has 2 N–H and O–H groups in total. The third-order valence-corrected chi connectivity index (χ3v) is 16.0. The van der Waals surface area contributed by atoms with Gasteiger partial charge in [0, 0.05) is 12.8 Å². The normalized spacial score (nSPS) is 13.9. The third-order valence-electron chi connectivity index (χ3n) is 15.0. The summed E-state index contributed by atoms with van der Waals surface area (Å²) in [6.45, 7) is 6.92. The molecule has 10 heteroatoms. The highest BCUT2D eigenvalue weighted by Crippen LogP contribution is 2.43. The minimum Gasteiger partial charge on any atom is -0.456 e. The zero-order valence-corrected chi connectivity index (χ0v) is 53.3. The first-order valence-corrected chi connectivity index (χ1v) is 35.0. The molecule has 0 aromatic carbocycles. The molecular formula is C68H130N2O7P+. The number of likely N-dealkylation sites (N-methyl/N-ethyl adjacent to an activating group) is 1. The Labute approximate surface area is 484 Å². The Kier molecular flexibility index (Phi) is 56.7. The Morgan fingerprint density at radius 3 is 1.23 bits per heavy atom. The van der Waals surface area contributed by atoms with Crippen molar-refractivity contribution < 1.29 is 37.3 Å². The first-order chi connectivity index (χ1) is 37.9. The van der Waals surface area contributed by atoms with Crippen molar-refractivity contribution in [3.8, 4) is 0 Å². The fourth-order valence-corrected chi connectivity index (χ4v) is 10.6. The minimum absolute atomic E-state index is 0.0395. The molecule has 9 nitrogen and oxygen atoms in total. The van der Waals surface area contributed by atoms with Crippen LogP contribution in [-0.4, -0.2) is 74.3 Å². The molecule has 0 aliphatic heterocycles. The van der Waals surface area contributed by atoms with E-state index in [4.69, 9.17) is 13.8 Å². The number of hydrogen-bond acceptors (Lipinski definition) is 6. The fraction of sp³-hybridized carbons (Fsp3) is 0.853. The lowest BCUT2D eigenvalue weighted by Gasteiger charge is -2.27. The van der Waals surface area contributed by atoms with E-state index in [0.29, 0.717) is 23.9 Å². The van der Waals surface area contributed by atoms with Crippen LogP contribution in [0.15, 0.2) is 48.6 Å². The van der Waals surface area contributed by atoms with E-state index in [1.54, 1.807) is 0 Å². The number of rotatable bonds is 61. The van der Waals surface area contributed by atoms with Gasteiger partial charge in [-0.25, -0.2) is 4.57 Å². The van der Waals surface area contributed by atoms with Gasteiger partial charge in [-0.15, -0.1) is 0 Å². The van der Waals surface area contributed by atoms with E-state index in [1.807, 2.05) is 33.3 Å². The second kappa shape index (κ2) is 58.2. The molecule has 1 amide bonds. The largest absolute Gasteiger partial charge is 0.472 e. The third kappa shape index (κ3) is 58.6. The summed E-state index contributed by atoms with van der Waals surface area (Å²) in [4.78, 5) is 37.7. The van der Waals surface area contributed by atoms with Gasteiger partial charge in [-0.3, -0.25) is 18.6 Å². The van der Waals surface area contributed by atoms with Crippen molar-refractivity contribution in [1.82, 2.24) is 5.32 Å². The zero-order valence-electron chi connectivity index (χ0n) is 52.4. The maximum atomic E-state index is 13.5. The van der Waals surface area contributed by atoms with Crippen molar-refractivity contribution in [1.29, 1.82) is 0 Å². The number of allylic oxidation sites excluding steroid dienone is 7. The lowest BCUT2D eigenvalue weighted by Crippen LogP contribution is -2.47. The molecule has 0 heterocycles. The summed E-state index contributed by atoms with van der Waals surface area (Å²) in [6, 6.07) is -0.850. The summed E-state index contributed by atoms with van der Waals surface area (Å²) in [6.07, 6.45) is 72.8. The van der Waals surface area contributed by atoms with Gasteiger partial charge in [-0.1, -0.05) is 275 Å². The van der Waals surface area contributed by atoms with E-state index in [9.17, 15) is 19.0 Å². The van der Waals surface area contributed by atoms with Crippen LogP contribution < -0.4 is 5.32 Å². The Morgan fingerprint density at radius 1 is 0.462 bits per heavy atom. The van der Waals surface area contributed by atoms with Crippen molar-refractivity contribution in [3.05, 3.63) is 48.6 Å². The zero-order chi connectivity index (χ0) is 57.2. The van der Waals surface area contributed by atoms with Gasteiger partial charge in [0.15, 0.2) is 0 Å². The number of carbonyl (C=O) groups is 2. The molecule has 0 rings (SSSR count). The van der Waals surface area contributed by atoms with Gasteiger partial charge in [-0.2, -0.15) is 0 Å². The summed E-state index contributed by atoms with van der Waals surface area (Å²) in [5.41, 5.74) is 0. The molecule has 3 unspecified atom stereocenters. The van der Waals surface area contributed by atoms with E-state index in [0.717, 1.165) is 83.5 Å². The smallest absolute Gasteiger partial charge is 0.456 e. The van der Waals surface area contributed by atoms with Crippen molar-refractivity contribution in [2.24, 2.45) is 0 Å². The topological polar surface area (TPSA) is 111 Å². The van der Waals surface area contributed by atoms with Crippen LogP contribution in [-0.2, 0) is 27.9 Å². The van der Waals surface area contributed by atoms with Crippen molar-refractivity contribution >= 4 is 19.7 Å². The minimum atomic E-state index is -4.45. The number of phosphoric ester groups is 1. The van der Waals surface area contributed by atoms with Crippen LogP contribution in [0, 0.1) is 0 Å². The van der Waals surface area contributed by atoms with Gasteiger partial charge >= 0.3 is 13.8 Å². The maximum absolute atomic E-state index is 13.5. The molecule has 78 heavy (non-hydrogen) atoms. The molecule has 0 aromatic rings. The van der Waals surface area contributed by atoms with Gasteiger partial charge in [0.1, 0.15) is 19.3 Å². The average Bonchev–Trinajstić information content (AvgIpc) is 3.40. The van der Waals surface area contributed by atoms with E-state index in [2.05, 4.69) is 62.5 Å². The predicted octanol–water partition coefficient (Wildman–Crippen LogP) is 20.8. The Balaban J connectivity index is 4.95. The van der Waals surface area contributed by atoms with E-state index >= 15 is 0 Å².